The van der Waals surface area contributed by atoms with Crippen molar-refractivity contribution in [1.29, 1.82) is 0 Å². The fraction of sp³-hybridized carbons (Fsp3) is 0.250. The summed E-state index contributed by atoms with van der Waals surface area (Å²) in [5.74, 6) is 0.785. The van der Waals surface area contributed by atoms with Gasteiger partial charge in [0.25, 0.3) is 0 Å². The van der Waals surface area contributed by atoms with Gasteiger partial charge in [0, 0.05) is 11.0 Å². The van der Waals surface area contributed by atoms with E-state index in [-0.39, 0.29) is 5.25 Å². The van der Waals surface area contributed by atoms with Crippen LogP contribution in [0.25, 0.3) is 0 Å². The Labute approximate surface area is 72.5 Å². The summed E-state index contributed by atoms with van der Waals surface area (Å²) in [7, 11) is 0. The number of hydrogen-bond acceptors (Lipinski definition) is 2. The van der Waals surface area contributed by atoms with Crippen molar-refractivity contribution in [1.82, 2.24) is 0 Å². The second-order valence-electron chi connectivity index (χ2n) is 2.11. The predicted molar refractivity (Wildman–Crippen MR) is 52.0 cm³/mol. The van der Waals surface area contributed by atoms with Crippen LogP contribution in [0.5, 0.6) is 0 Å². The highest BCUT2D eigenvalue weighted by atomic mass is 32.1. The molecule has 0 aliphatic heterocycles. The highest BCUT2D eigenvalue weighted by molar-refractivity contribution is 7.84. The van der Waals surface area contributed by atoms with E-state index >= 15 is 0 Å². The monoisotopic (exact) mass is 170 g/mol. The molecule has 0 N–H and O–H groups in total. The second-order valence-corrected chi connectivity index (χ2v) is 3.10. The van der Waals surface area contributed by atoms with Gasteiger partial charge in [-0.3, -0.25) is 0 Å². The average Bonchev–Trinajstić information content (AvgIpc) is 2.05. The SMILES string of the molecule is SCC(S)c1ccccc1. The third-order valence-electron chi connectivity index (χ3n) is 1.36. The van der Waals surface area contributed by atoms with Gasteiger partial charge in [0.1, 0.15) is 0 Å². The lowest BCUT2D eigenvalue weighted by molar-refractivity contribution is 1.13. The molecule has 0 spiro atoms. The lowest BCUT2D eigenvalue weighted by Crippen LogP contribution is -1.89. The van der Waals surface area contributed by atoms with Crippen molar-refractivity contribution in [3.05, 3.63) is 35.9 Å². The zero-order valence-electron chi connectivity index (χ0n) is 5.57. The Hall–Kier alpha value is -0.0800. The molecule has 0 nitrogen and oxygen atoms in total. The minimum atomic E-state index is 0.268. The molecule has 0 fully saturated rings. The van der Waals surface area contributed by atoms with Crippen molar-refractivity contribution in [2.24, 2.45) is 0 Å². The van der Waals surface area contributed by atoms with Crippen molar-refractivity contribution in [2.45, 2.75) is 5.25 Å². The smallest absolute Gasteiger partial charge is 0.0355 e. The highest BCUT2D eigenvalue weighted by Crippen LogP contribution is 2.19. The molecule has 1 rings (SSSR count). The van der Waals surface area contributed by atoms with Gasteiger partial charge in [-0.05, 0) is 5.56 Å². The summed E-state index contributed by atoms with van der Waals surface area (Å²) < 4.78 is 0. The number of thiol groups is 2. The number of hydrogen-bond donors (Lipinski definition) is 2. The largest absolute Gasteiger partial charge is 0.178 e. The Morgan fingerprint density at radius 1 is 1.20 bits per heavy atom. The summed E-state index contributed by atoms with van der Waals surface area (Å²) in [6.07, 6.45) is 0. The first-order chi connectivity index (χ1) is 4.84. The maximum absolute atomic E-state index is 4.34. The summed E-state index contributed by atoms with van der Waals surface area (Å²) in [4.78, 5) is 0. The van der Waals surface area contributed by atoms with E-state index in [1.165, 1.54) is 5.56 Å². The van der Waals surface area contributed by atoms with E-state index in [9.17, 15) is 0 Å². The van der Waals surface area contributed by atoms with E-state index in [2.05, 4.69) is 37.4 Å². The van der Waals surface area contributed by atoms with E-state index in [0.717, 1.165) is 5.75 Å². The van der Waals surface area contributed by atoms with Gasteiger partial charge in [0.05, 0.1) is 0 Å². The first-order valence-corrected chi connectivity index (χ1v) is 4.33. The van der Waals surface area contributed by atoms with Gasteiger partial charge in [-0.2, -0.15) is 25.3 Å². The molecular weight excluding hydrogens is 160 g/mol. The molecule has 1 atom stereocenters. The first kappa shape index (κ1) is 8.02. The summed E-state index contributed by atoms with van der Waals surface area (Å²) in [5, 5.41) is 0.268. The fourth-order valence-corrected chi connectivity index (χ4v) is 1.16. The van der Waals surface area contributed by atoms with E-state index in [1.54, 1.807) is 0 Å². The van der Waals surface area contributed by atoms with Crippen molar-refractivity contribution in [2.75, 3.05) is 5.75 Å². The molecule has 0 radical (unpaired) electrons. The third-order valence-corrected chi connectivity index (χ3v) is 2.49. The van der Waals surface area contributed by atoms with Gasteiger partial charge >= 0.3 is 0 Å². The van der Waals surface area contributed by atoms with Crippen LogP contribution in [-0.4, -0.2) is 5.75 Å². The second kappa shape index (κ2) is 3.94. The molecule has 0 aliphatic carbocycles. The van der Waals surface area contributed by atoms with E-state index in [1.807, 2.05) is 18.2 Å². The highest BCUT2D eigenvalue weighted by Gasteiger charge is 2.00. The van der Waals surface area contributed by atoms with Crippen LogP contribution in [0, 0.1) is 0 Å². The van der Waals surface area contributed by atoms with Crippen LogP contribution in [-0.2, 0) is 0 Å². The van der Waals surface area contributed by atoms with Crippen LogP contribution in [0.2, 0.25) is 0 Å². The Bertz CT molecular complexity index is 184. The van der Waals surface area contributed by atoms with Crippen LogP contribution in [0.3, 0.4) is 0 Å². The van der Waals surface area contributed by atoms with Crippen LogP contribution in [0.1, 0.15) is 10.8 Å². The molecule has 0 heterocycles. The molecule has 1 aromatic carbocycles. The Morgan fingerprint density at radius 3 is 2.30 bits per heavy atom. The molecule has 0 aliphatic rings. The van der Waals surface area contributed by atoms with Crippen LogP contribution < -0.4 is 0 Å². The fourth-order valence-electron chi connectivity index (χ4n) is 0.781. The van der Waals surface area contributed by atoms with Crippen molar-refractivity contribution < 1.29 is 0 Å². The lowest BCUT2D eigenvalue weighted by atomic mass is 10.2. The Kier molecular flexibility index (Phi) is 3.16. The maximum Gasteiger partial charge on any atom is 0.0355 e. The van der Waals surface area contributed by atoms with Crippen molar-refractivity contribution >= 4 is 25.3 Å². The molecule has 10 heavy (non-hydrogen) atoms. The zero-order valence-corrected chi connectivity index (χ0v) is 7.35. The van der Waals surface area contributed by atoms with E-state index < -0.39 is 0 Å². The quantitative estimate of drug-likeness (QED) is 0.626. The number of benzene rings is 1. The molecule has 0 amide bonds. The average molecular weight is 170 g/mol. The normalized spacial score (nSPS) is 13.0. The Balaban J connectivity index is 2.75. The lowest BCUT2D eigenvalue weighted by Gasteiger charge is -2.05. The zero-order chi connectivity index (χ0) is 7.40. The summed E-state index contributed by atoms with van der Waals surface area (Å²) in [6.45, 7) is 0. The molecule has 1 aromatic rings. The summed E-state index contributed by atoms with van der Waals surface area (Å²) in [5.41, 5.74) is 1.24. The molecule has 54 valence electrons. The molecule has 1 unspecified atom stereocenters. The van der Waals surface area contributed by atoms with Crippen LogP contribution in [0.15, 0.2) is 30.3 Å². The van der Waals surface area contributed by atoms with E-state index in [0.29, 0.717) is 0 Å². The van der Waals surface area contributed by atoms with Gasteiger partial charge < -0.3 is 0 Å². The number of rotatable bonds is 2. The first-order valence-electron chi connectivity index (χ1n) is 3.18. The van der Waals surface area contributed by atoms with Gasteiger partial charge in [-0.25, -0.2) is 0 Å². The Morgan fingerprint density at radius 2 is 1.80 bits per heavy atom. The van der Waals surface area contributed by atoms with Crippen molar-refractivity contribution in [3.8, 4) is 0 Å². The molecule has 0 bridgehead atoms. The topological polar surface area (TPSA) is 0 Å². The molecule has 2 heteroatoms. The van der Waals surface area contributed by atoms with Crippen LogP contribution in [0.4, 0.5) is 0 Å². The van der Waals surface area contributed by atoms with Gasteiger partial charge in [0.15, 0.2) is 0 Å². The maximum atomic E-state index is 4.34. The van der Waals surface area contributed by atoms with Crippen molar-refractivity contribution in [3.63, 3.8) is 0 Å². The molecule has 0 saturated carbocycles. The molecule has 0 saturated heterocycles. The minimum Gasteiger partial charge on any atom is -0.178 e. The molecule has 0 aromatic heterocycles. The third kappa shape index (κ3) is 1.96. The van der Waals surface area contributed by atoms with Gasteiger partial charge in [-0.15, -0.1) is 0 Å². The van der Waals surface area contributed by atoms with Gasteiger partial charge in [-0.1, -0.05) is 30.3 Å². The van der Waals surface area contributed by atoms with Crippen LogP contribution >= 0.6 is 25.3 Å². The molecular formula is C8H10S2. The van der Waals surface area contributed by atoms with E-state index in [4.69, 9.17) is 0 Å². The predicted octanol–water partition coefficient (Wildman–Crippen LogP) is 2.59. The van der Waals surface area contributed by atoms with Gasteiger partial charge in [0.2, 0.25) is 0 Å². The minimum absolute atomic E-state index is 0.268. The summed E-state index contributed by atoms with van der Waals surface area (Å²) >= 11 is 8.49. The standard InChI is InChI=1S/C8H10S2/c9-6-8(10)7-4-2-1-3-5-7/h1-5,8-10H,6H2. The summed E-state index contributed by atoms with van der Waals surface area (Å²) in [6, 6.07) is 10.2.